The van der Waals surface area contributed by atoms with Gasteiger partial charge in [-0.1, -0.05) is 0 Å². The lowest BCUT2D eigenvalue weighted by Gasteiger charge is -2.31. The van der Waals surface area contributed by atoms with Gasteiger partial charge in [0.1, 0.15) is 16.4 Å². The van der Waals surface area contributed by atoms with E-state index < -0.39 is 0 Å². The van der Waals surface area contributed by atoms with Crippen LogP contribution in [0.15, 0.2) is 33.0 Å². The van der Waals surface area contributed by atoms with Crippen molar-refractivity contribution in [3.8, 4) is 11.3 Å². The van der Waals surface area contributed by atoms with E-state index in [1.54, 1.807) is 6.26 Å². The fourth-order valence-corrected chi connectivity index (χ4v) is 3.85. The number of furan rings is 1. The minimum atomic E-state index is -0.0909. The minimum Gasteiger partial charge on any atom is -0.464 e. The highest BCUT2D eigenvalue weighted by Gasteiger charge is 2.18. The van der Waals surface area contributed by atoms with E-state index >= 15 is 0 Å². The van der Waals surface area contributed by atoms with Crippen LogP contribution >= 0.6 is 11.3 Å². The molecular weight excluding hydrogens is 312 g/mol. The average Bonchev–Trinajstić information content (AvgIpc) is 3.18. The Hall–Kier alpha value is -1.96. The lowest BCUT2D eigenvalue weighted by molar-refractivity contribution is 0.145. The molecule has 0 saturated carbocycles. The first-order valence-corrected chi connectivity index (χ1v) is 8.54. The smallest absolute Gasteiger partial charge is 0.260 e. The van der Waals surface area contributed by atoms with E-state index in [1.807, 2.05) is 17.5 Å². The number of aromatic nitrogens is 2. The molecular formula is C16H18N4O2S. The molecule has 1 N–H and O–H groups in total. The summed E-state index contributed by atoms with van der Waals surface area (Å²) < 4.78 is 5.42. The molecule has 0 amide bonds. The van der Waals surface area contributed by atoms with Gasteiger partial charge in [-0.3, -0.25) is 9.69 Å². The van der Waals surface area contributed by atoms with Gasteiger partial charge in [0.15, 0.2) is 0 Å². The standard InChI is InChI=1S/C16H18N4O2S/c1-19-4-6-20(7-5-19)9-13-17-15(21)14-11(10-23-16(14)18-13)12-3-2-8-22-12/h2-3,8,10H,4-7,9H2,1H3,(H,17,18,21). The Morgan fingerprint density at radius 2 is 2.17 bits per heavy atom. The van der Waals surface area contributed by atoms with Crippen LogP contribution in [0.4, 0.5) is 0 Å². The zero-order valence-electron chi connectivity index (χ0n) is 12.9. The fraction of sp³-hybridized carbons (Fsp3) is 0.375. The van der Waals surface area contributed by atoms with E-state index in [9.17, 15) is 4.79 Å². The van der Waals surface area contributed by atoms with E-state index in [2.05, 4.69) is 26.8 Å². The Balaban J connectivity index is 1.65. The van der Waals surface area contributed by atoms with Crippen LogP contribution < -0.4 is 5.56 Å². The first kappa shape index (κ1) is 14.6. The molecule has 0 unspecified atom stereocenters. The van der Waals surface area contributed by atoms with Crippen molar-refractivity contribution in [3.63, 3.8) is 0 Å². The number of nitrogens with zero attached hydrogens (tertiary/aromatic N) is 3. The van der Waals surface area contributed by atoms with E-state index in [0.717, 1.165) is 42.4 Å². The fourth-order valence-electron chi connectivity index (χ4n) is 2.90. The molecule has 4 rings (SSSR count). The lowest BCUT2D eigenvalue weighted by atomic mass is 10.2. The quantitative estimate of drug-likeness (QED) is 0.796. The van der Waals surface area contributed by atoms with Crippen molar-refractivity contribution in [2.24, 2.45) is 0 Å². The average molecular weight is 330 g/mol. The van der Waals surface area contributed by atoms with Crippen LogP contribution in [0.2, 0.25) is 0 Å². The zero-order chi connectivity index (χ0) is 15.8. The van der Waals surface area contributed by atoms with Crippen molar-refractivity contribution in [1.82, 2.24) is 19.8 Å². The van der Waals surface area contributed by atoms with Crippen LogP contribution in [0.5, 0.6) is 0 Å². The van der Waals surface area contributed by atoms with Gasteiger partial charge in [-0.05, 0) is 19.2 Å². The molecule has 0 bridgehead atoms. The predicted molar refractivity (Wildman–Crippen MR) is 90.7 cm³/mol. The second-order valence-electron chi connectivity index (χ2n) is 5.90. The molecule has 7 heteroatoms. The molecule has 0 radical (unpaired) electrons. The minimum absolute atomic E-state index is 0.0909. The molecule has 0 spiro atoms. The maximum atomic E-state index is 12.5. The largest absolute Gasteiger partial charge is 0.464 e. The van der Waals surface area contributed by atoms with E-state index in [4.69, 9.17) is 4.42 Å². The first-order chi connectivity index (χ1) is 11.2. The number of fused-ring (bicyclic) bond motifs is 1. The van der Waals surface area contributed by atoms with Gasteiger partial charge in [-0.2, -0.15) is 0 Å². The number of H-pyrrole nitrogens is 1. The molecule has 1 fully saturated rings. The summed E-state index contributed by atoms with van der Waals surface area (Å²) in [5.41, 5.74) is 0.724. The van der Waals surface area contributed by atoms with Crippen LogP contribution in [-0.2, 0) is 6.54 Å². The number of rotatable bonds is 3. The molecule has 1 saturated heterocycles. The zero-order valence-corrected chi connectivity index (χ0v) is 13.7. The van der Waals surface area contributed by atoms with Crippen molar-refractivity contribution in [2.75, 3.05) is 33.2 Å². The Kier molecular flexibility index (Phi) is 3.76. The van der Waals surface area contributed by atoms with Gasteiger partial charge in [0.05, 0.1) is 18.2 Å². The third-order valence-electron chi connectivity index (χ3n) is 4.25. The Morgan fingerprint density at radius 1 is 1.35 bits per heavy atom. The summed E-state index contributed by atoms with van der Waals surface area (Å²) in [5.74, 6) is 1.44. The predicted octanol–water partition coefficient (Wildman–Crippen LogP) is 1.99. The maximum absolute atomic E-state index is 12.5. The Bertz CT molecular complexity index is 860. The van der Waals surface area contributed by atoms with Gasteiger partial charge in [-0.25, -0.2) is 4.98 Å². The molecule has 23 heavy (non-hydrogen) atoms. The third-order valence-corrected chi connectivity index (χ3v) is 5.12. The Morgan fingerprint density at radius 3 is 2.91 bits per heavy atom. The van der Waals surface area contributed by atoms with Gasteiger partial charge >= 0.3 is 0 Å². The summed E-state index contributed by atoms with van der Waals surface area (Å²) in [4.78, 5) is 25.5. The highest BCUT2D eigenvalue weighted by atomic mass is 32.1. The second kappa shape index (κ2) is 5.92. The molecule has 3 aromatic heterocycles. The van der Waals surface area contributed by atoms with Crippen molar-refractivity contribution in [1.29, 1.82) is 0 Å². The van der Waals surface area contributed by atoms with E-state index in [1.165, 1.54) is 11.3 Å². The Labute approximate surface area is 137 Å². The van der Waals surface area contributed by atoms with Crippen LogP contribution in [0.3, 0.4) is 0 Å². The lowest BCUT2D eigenvalue weighted by Crippen LogP contribution is -2.44. The van der Waals surface area contributed by atoms with Crippen molar-refractivity contribution in [3.05, 3.63) is 40.0 Å². The number of hydrogen-bond donors (Lipinski definition) is 1. The number of aromatic amines is 1. The van der Waals surface area contributed by atoms with Crippen LogP contribution in [0.1, 0.15) is 5.82 Å². The molecule has 0 aliphatic carbocycles. The summed E-state index contributed by atoms with van der Waals surface area (Å²) in [6.45, 7) is 4.79. The highest BCUT2D eigenvalue weighted by Crippen LogP contribution is 2.30. The third kappa shape index (κ3) is 2.83. The molecule has 3 aromatic rings. The van der Waals surface area contributed by atoms with Gasteiger partial charge < -0.3 is 14.3 Å². The van der Waals surface area contributed by atoms with E-state index in [0.29, 0.717) is 17.7 Å². The monoisotopic (exact) mass is 330 g/mol. The number of piperazine rings is 1. The summed E-state index contributed by atoms with van der Waals surface area (Å²) in [6, 6.07) is 3.68. The summed E-state index contributed by atoms with van der Waals surface area (Å²) in [6.07, 6.45) is 1.61. The number of hydrogen-bond acceptors (Lipinski definition) is 6. The summed E-state index contributed by atoms with van der Waals surface area (Å²) in [5, 5.41) is 2.55. The van der Waals surface area contributed by atoms with Gasteiger partial charge in [0.25, 0.3) is 5.56 Å². The number of thiophene rings is 1. The molecule has 4 heterocycles. The molecule has 0 atom stereocenters. The molecule has 1 aliphatic heterocycles. The van der Waals surface area contributed by atoms with Crippen molar-refractivity contribution in [2.45, 2.75) is 6.54 Å². The van der Waals surface area contributed by atoms with E-state index in [-0.39, 0.29) is 5.56 Å². The maximum Gasteiger partial charge on any atom is 0.260 e. The van der Waals surface area contributed by atoms with Crippen molar-refractivity contribution >= 4 is 21.6 Å². The van der Waals surface area contributed by atoms with Gasteiger partial charge in [0.2, 0.25) is 0 Å². The summed E-state index contributed by atoms with van der Waals surface area (Å²) in [7, 11) is 2.13. The first-order valence-electron chi connectivity index (χ1n) is 7.66. The number of likely N-dealkylation sites (N-methyl/N-ethyl adjacent to an activating group) is 1. The van der Waals surface area contributed by atoms with Crippen LogP contribution in [0, 0.1) is 0 Å². The molecule has 0 aromatic carbocycles. The van der Waals surface area contributed by atoms with Crippen molar-refractivity contribution < 1.29 is 4.42 Å². The van der Waals surface area contributed by atoms with Crippen LogP contribution in [0.25, 0.3) is 21.5 Å². The summed E-state index contributed by atoms with van der Waals surface area (Å²) >= 11 is 1.49. The molecule has 120 valence electrons. The SMILES string of the molecule is CN1CCN(Cc2nc3scc(-c4ccco4)c3c(=O)[nH]2)CC1. The van der Waals surface area contributed by atoms with Gasteiger partial charge in [-0.15, -0.1) is 11.3 Å². The normalized spacial score (nSPS) is 17.1. The molecule has 1 aliphatic rings. The highest BCUT2D eigenvalue weighted by molar-refractivity contribution is 7.17. The topological polar surface area (TPSA) is 65.4 Å². The van der Waals surface area contributed by atoms with Gasteiger partial charge in [0, 0.05) is 37.1 Å². The second-order valence-corrected chi connectivity index (χ2v) is 6.76. The number of nitrogens with one attached hydrogen (secondary N) is 1. The van der Waals surface area contributed by atoms with Crippen LogP contribution in [-0.4, -0.2) is 53.0 Å². The molecule has 6 nitrogen and oxygen atoms in total.